The van der Waals surface area contributed by atoms with Crippen LogP contribution in [-0.4, -0.2) is 81.6 Å². The van der Waals surface area contributed by atoms with Crippen molar-refractivity contribution >= 4 is 59.7 Å². The highest BCUT2D eigenvalue weighted by Gasteiger charge is 2.23. The van der Waals surface area contributed by atoms with Gasteiger partial charge >= 0.3 is 12.2 Å². The highest BCUT2D eigenvalue weighted by molar-refractivity contribution is 7.80. The fourth-order valence-corrected chi connectivity index (χ4v) is 5.74. The van der Waals surface area contributed by atoms with Gasteiger partial charge in [-0.3, -0.25) is 4.31 Å². The molecule has 0 aliphatic rings. The smallest absolute Gasteiger partial charge is 0.420 e. The van der Waals surface area contributed by atoms with Crippen LogP contribution in [0, 0.1) is 0 Å². The number of nitrogens with zero attached hydrogens (tertiary/aromatic N) is 6. The van der Waals surface area contributed by atoms with Crippen LogP contribution in [0.5, 0.6) is 0 Å². The second-order valence-electron chi connectivity index (χ2n) is 14.5. The Kier molecular flexibility index (Phi) is 12.2. The fraction of sp³-hybridized carbons (Fsp3) is 0.459. The van der Waals surface area contributed by atoms with Gasteiger partial charge in [0.2, 0.25) is 0 Å². The van der Waals surface area contributed by atoms with Gasteiger partial charge in [-0.1, -0.05) is 31.4 Å². The van der Waals surface area contributed by atoms with Crippen molar-refractivity contribution in [3.05, 3.63) is 60.2 Å². The van der Waals surface area contributed by atoms with Crippen molar-refractivity contribution in [1.29, 1.82) is 0 Å². The van der Waals surface area contributed by atoms with Gasteiger partial charge in [0.1, 0.15) is 22.9 Å². The highest BCUT2D eigenvalue weighted by Crippen LogP contribution is 2.26. The van der Waals surface area contributed by atoms with Crippen molar-refractivity contribution in [3.63, 3.8) is 0 Å². The van der Waals surface area contributed by atoms with Crippen LogP contribution in [0.25, 0.3) is 44.6 Å². The Morgan fingerprint density at radius 2 is 1.25 bits per heavy atom. The second-order valence-corrected chi connectivity index (χ2v) is 15.5. The summed E-state index contributed by atoms with van der Waals surface area (Å²) < 4.78 is 12.3. The molecule has 0 spiro atoms. The largest absolute Gasteiger partial charge is 0.444 e. The van der Waals surface area contributed by atoms with Gasteiger partial charge in [-0.2, -0.15) is 12.6 Å². The van der Waals surface area contributed by atoms with E-state index in [1.807, 2.05) is 90.1 Å². The number of fused-ring (bicyclic) bond motifs is 2. The van der Waals surface area contributed by atoms with Crippen LogP contribution in [0.3, 0.4) is 0 Å². The summed E-state index contributed by atoms with van der Waals surface area (Å²) in [6.45, 7) is 12.4. The first-order chi connectivity index (χ1) is 24.2. The SMILES string of the molecule is CC(C)(C)OC(=O)N(S)CCCCCc1nc2ccc(-c3ccc(-c4ccc5nc(CN(CCCS)C(=O)OC(C)(C)C)[nH]c5c4)nn3)cc2[nH]1. The molecular formula is C37H48N8O4S2. The van der Waals surface area contributed by atoms with Crippen LogP contribution >= 0.6 is 25.4 Å². The van der Waals surface area contributed by atoms with E-state index >= 15 is 0 Å². The Bertz CT molecular complexity index is 1950. The standard InChI is InChI=1S/C37H48N8O4S2/c1-36(2,3)48-34(46)44(18-10-20-50)23-33-39-29-15-13-25(22-31(29)41-33)27-17-16-26(42-43-27)24-12-14-28-30(21-24)40-32(38-28)11-8-7-9-19-45(51)35(47)49-37(4,5)6/h12-17,21-22,50-51H,7-11,18-20,23H2,1-6H3,(H,38,40)(H,39,41). The third-order valence-corrected chi connectivity index (χ3v) is 8.46. The third kappa shape index (κ3) is 10.8. The molecule has 0 atom stereocenters. The van der Waals surface area contributed by atoms with Crippen molar-refractivity contribution in [1.82, 2.24) is 39.3 Å². The lowest BCUT2D eigenvalue weighted by atomic mass is 10.1. The lowest BCUT2D eigenvalue weighted by molar-refractivity contribution is 0.0229. The van der Waals surface area contributed by atoms with Gasteiger partial charge in [-0.25, -0.2) is 19.6 Å². The van der Waals surface area contributed by atoms with Gasteiger partial charge in [-0.05, 0) is 103 Å². The van der Waals surface area contributed by atoms with Crippen molar-refractivity contribution in [2.75, 3.05) is 18.8 Å². The molecule has 2 aromatic carbocycles. The average Bonchev–Trinajstić information content (AvgIpc) is 3.67. The Morgan fingerprint density at radius 3 is 1.80 bits per heavy atom. The Morgan fingerprint density at radius 1 is 0.706 bits per heavy atom. The molecule has 0 radical (unpaired) electrons. The van der Waals surface area contributed by atoms with E-state index in [0.717, 1.165) is 82.5 Å². The van der Waals surface area contributed by atoms with Crippen molar-refractivity contribution in [2.45, 2.75) is 91.4 Å². The number of aryl methyl sites for hydroxylation is 1. The zero-order valence-electron chi connectivity index (χ0n) is 30.2. The number of carbonyl (C=O) groups is 2. The monoisotopic (exact) mass is 732 g/mol. The number of aromatic nitrogens is 6. The molecule has 0 aliphatic heterocycles. The van der Waals surface area contributed by atoms with E-state index < -0.39 is 17.3 Å². The topological polar surface area (TPSA) is 142 Å². The minimum Gasteiger partial charge on any atom is -0.444 e. The molecule has 2 N–H and O–H groups in total. The molecule has 14 heteroatoms. The van der Waals surface area contributed by atoms with Crippen molar-refractivity contribution in [2.24, 2.45) is 0 Å². The Hall–Kier alpha value is -4.30. The summed E-state index contributed by atoms with van der Waals surface area (Å²) in [7, 11) is 0. The molecular weight excluding hydrogens is 685 g/mol. The number of amides is 2. The molecule has 0 aliphatic carbocycles. The molecule has 0 bridgehead atoms. The van der Waals surface area contributed by atoms with Gasteiger partial charge in [0.25, 0.3) is 0 Å². The van der Waals surface area contributed by atoms with Gasteiger partial charge in [-0.15, -0.1) is 10.2 Å². The van der Waals surface area contributed by atoms with Crippen LogP contribution in [-0.2, 0) is 22.4 Å². The molecule has 0 fully saturated rings. The van der Waals surface area contributed by atoms with Crippen LogP contribution < -0.4 is 0 Å². The number of H-pyrrole nitrogens is 2. The summed E-state index contributed by atoms with van der Waals surface area (Å²) in [5.41, 5.74) is 5.68. The first kappa shape index (κ1) is 37.9. The number of hydrogen-bond acceptors (Lipinski definition) is 10. The number of unbranched alkanes of at least 4 members (excludes halogenated alkanes) is 2. The van der Waals surface area contributed by atoms with E-state index in [1.165, 1.54) is 4.31 Å². The molecule has 5 aromatic rings. The number of aromatic amines is 2. The van der Waals surface area contributed by atoms with E-state index in [1.54, 1.807) is 4.90 Å². The molecule has 5 rings (SSSR count). The molecule has 0 saturated carbocycles. The average molecular weight is 733 g/mol. The number of ether oxygens (including phenoxy) is 2. The Balaban J connectivity index is 1.19. The first-order valence-electron chi connectivity index (χ1n) is 17.3. The van der Waals surface area contributed by atoms with Crippen LogP contribution in [0.1, 0.15) is 78.9 Å². The number of rotatable bonds is 13. The normalized spacial score (nSPS) is 12.0. The maximum Gasteiger partial charge on any atom is 0.420 e. The fourth-order valence-electron chi connectivity index (χ4n) is 5.42. The number of imidazole rings is 2. The Labute approximate surface area is 310 Å². The zero-order chi connectivity index (χ0) is 36.8. The maximum absolute atomic E-state index is 12.8. The molecule has 272 valence electrons. The van der Waals surface area contributed by atoms with Crippen LogP contribution in [0.4, 0.5) is 9.59 Å². The zero-order valence-corrected chi connectivity index (χ0v) is 32.0. The number of thiol groups is 2. The molecule has 12 nitrogen and oxygen atoms in total. The summed E-state index contributed by atoms with van der Waals surface area (Å²) >= 11 is 8.57. The lowest BCUT2D eigenvalue weighted by Gasteiger charge is -2.26. The number of benzene rings is 2. The predicted octanol–water partition coefficient (Wildman–Crippen LogP) is 8.41. The highest BCUT2D eigenvalue weighted by atomic mass is 32.1. The summed E-state index contributed by atoms with van der Waals surface area (Å²) in [5.74, 6) is 2.26. The van der Waals surface area contributed by atoms with E-state index in [9.17, 15) is 9.59 Å². The first-order valence-corrected chi connectivity index (χ1v) is 18.3. The lowest BCUT2D eigenvalue weighted by Crippen LogP contribution is -2.37. The van der Waals surface area contributed by atoms with Crippen LogP contribution in [0.15, 0.2) is 48.5 Å². The van der Waals surface area contributed by atoms with Crippen molar-refractivity contribution in [3.8, 4) is 22.5 Å². The summed E-state index contributed by atoms with van der Waals surface area (Å²) in [6, 6.07) is 15.9. The predicted molar refractivity (Wildman–Crippen MR) is 207 cm³/mol. The molecule has 3 aromatic heterocycles. The summed E-state index contributed by atoms with van der Waals surface area (Å²) in [4.78, 5) is 42.8. The van der Waals surface area contributed by atoms with Crippen molar-refractivity contribution < 1.29 is 19.1 Å². The summed E-state index contributed by atoms with van der Waals surface area (Å²) in [6.07, 6.45) is 3.44. The minimum atomic E-state index is -0.588. The number of hydrogen-bond donors (Lipinski definition) is 4. The van der Waals surface area contributed by atoms with Gasteiger partial charge in [0.15, 0.2) is 0 Å². The molecule has 51 heavy (non-hydrogen) atoms. The van der Waals surface area contributed by atoms with Gasteiger partial charge < -0.3 is 24.3 Å². The second kappa shape index (κ2) is 16.4. The van der Waals surface area contributed by atoms with Crippen LogP contribution in [0.2, 0.25) is 0 Å². The minimum absolute atomic E-state index is 0.302. The van der Waals surface area contributed by atoms with E-state index in [4.69, 9.17) is 19.4 Å². The number of carbonyl (C=O) groups excluding carboxylic acids is 2. The molecule has 2 amide bonds. The van der Waals surface area contributed by atoms with Gasteiger partial charge in [0.05, 0.1) is 40.0 Å². The van der Waals surface area contributed by atoms with E-state index in [2.05, 4.69) is 45.6 Å². The van der Waals surface area contributed by atoms with E-state index in [-0.39, 0.29) is 6.09 Å². The molecule has 3 heterocycles. The van der Waals surface area contributed by atoms with E-state index in [0.29, 0.717) is 31.2 Å². The maximum atomic E-state index is 12.8. The quantitative estimate of drug-likeness (QED) is 0.0699. The van der Waals surface area contributed by atoms with Gasteiger partial charge in [0, 0.05) is 30.6 Å². The molecule has 0 unspecified atom stereocenters. The third-order valence-electron chi connectivity index (χ3n) is 7.78. The number of nitrogens with one attached hydrogen (secondary N) is 2. The molecule has 0 saturated heterocycles. The summed E-state index contributed by atoms with van der Waals surface area (Å²) in [5, 5.41) is 9.08.